The molecule has 2 atom stereocenters. The van der Waals surface area contributed by atoms with Gasteiger partial charge in [-0.25, -0.2) is 9.97 Å². The highest BCUT2D eigenvalue weighted by Crippen LogP contribution is 2.31. The van der Waals surface area contributed by atoms with Gasteiger partial charge < -0.3 is 19.5 Å². The summed E-state index contributed by atoms with van der Waals surface area (Å²) in [6, 6.07) is 8.38. The third kappa shape index (κ3) is 3.84. The van der Waals surface area contributed by atoms with Crippen LogP contribution in [0.1, 0.15) is 34.6 Å². The van der Waals surface area contributed by atoms with E-state index in [1.54, 1.807) is 13.1 Å². The second kappa shape index (κ2) is 7.97. The van der Waals surface area contributed by atoms with Gasteiger partial charge in [0.1, 0.15) is 17.2 Å². The molecule has 3 aromatic heterocycles. The summed E-state index contributed by atoms with van der Waals surface area (Å²) in [5.41, 5.74) is 2.69. The van der Waals surface area contributed by atoms with Gasteiger partial charge in [-0.05, 0) is 45.9 Å². The average molecular weight is 408 g/mol. The molecular weight excluding hydrogens is 378 g/mol. The zero-order valence-electron chi connectivity index (χ0n) is 18.2. The van der Waals surface area contributed by atoms with Crippen LogP contribution in [0.15, 0.2) is 36.7 Å². The lowest BCUT2D eigenvalue weighted by molar-refractivity contribution is -0.133. The number of anilines is 1. The van der Waals surface area contributed by atoms with E-state index in [1.807, 2.05) is 49.2 Å². The molecule has 1 aliphatic heterocycles. The minimum absolute atomic E-state index is 0.0887. The van der Waals surface area contributed by atoms with Crippen LogP contribution in [0.2, 0.25) is 0 Å². The fraction of sp³-hybridized carbons (Fsp3) is 0.435. The van der Waals surface area contributed by atoms with Gasteiger partial charge in [0, 0.05) is 49.2 Å². The average Bonchev–Trinajstić information content (AvgIpc) is 3.10. The van der Waals surface area contributed by atoms with E-state index >= 15 is 0 Å². The Balaban J connectivity index is 1.65. The lowest BCUT2D eigenvalue weighted by Gasteiger charge is -2.44. The van der Waals surface area contributed by atoms with Crippen LogP contribution in [0.4, 0.5) is 5.82 Å². The van der Waals surface area contributed by atoms with Gasteiger partial charge >= 0.3 is 0 Å². The van der Waals surface area contributed by atoms with Crippen molar-refractivity contribution < 1.29 is 9.53 Å². The first-order valence-electron chi connectivity index (χ1n) is 10.5. The van der Waals surface area contributed by atoms with Crippen molar-refractivity contribution in [1.82, 2.24) is 19.9 Å². The highest BCUT2D eigenvalue weighted by molar-refractivity contribution is 5.93. The number of piperazine rings is 1. The van der Waals surface area contributed by atoms with Crippen LogP contribution in [0.3, 0.4) is 0 Å². The van der Waals surface area contributed by atoms with Gasteiger partial charge in [-0.1, -0.05) is 6.07 Å². The Bertz CT molecular complexity index is 1050. The van der Waals surface area contributed by atoms with Gasteiger partial charge in [-0.3, -0.25) is 4.79 Å². The Kier molecular flexibility index (Phi) is 5.37. The molecule has 1 fully saturated rings. The van der Waals surface area contributed by atoms with Crippen molar-refractivity contribution in [2.75, 3.05) is 18.0 Å². The van der Waals surface area contributed by atoms with Crippen LogP contribution in [0, 0.1) is 0 Å². The number of aromatic amines is 1. The number of ether oxygens (including phenoxy) is 1. The molecule has 158 valence electrons. The van der Waals surface area contributed by atoms with Crippen molar-refractivity contribution in [3.8, 4) is 17.0 Å². The maximum Gasteiger partial charge on any atom is 0.220 e. The van der Waals surface area contributed by atoms with Crippen LogP contribution < -0.4 is 9.64 Å². The summed E-state index contributed by atoms with van der Waals surface area (Å²) in [5.74, 6) is 1.80. The van der Waals surface area contributed by atoms with Crippen LogP contribution in [0.5, 0.6) is 5.75 Å². The first-order valence-corrected chi connectivity index (χ1v) is 10.5. The molecule has 1 N–H and O–H groups in total. The maximum absolute atomic E-state index is 12.0. The highest BCUT2D eigenvalue weighted by Gasteiger charge is 2.31. The number of nitrogens with one attached hydrogen (secondary N) is 1. The molecule has 0 aromatic carbocycles. The van der Waals surface area contributed by atoms with Crippen LogP contribution >= 0.6 is 0 Å². The number of carbonyl (C=O) groups is 1. The highest BCUT2D eigenvalue weighted by atomic mass is 16.5. The summed E-state index contributed by atoms with van der Waals surface area (Å²) >= 11 is 0. The van der Waals surface area contributed by atoms with Gasteiger partial charge in [-0.15, -0.1) is 0 Å². The van der Waals surface area contributed by atoms with E-state index in [4.69, 9.17) is 9.72 Å². The van der Waals surface area contributed by atoms with Crippen molar-refractivity contribution in [1.29, 1.82) is 0 Å². The van der Waals surface area contributed by atoms with E-state index in [0.29, 0.717) is 0 Å². The number of hydrogen-bond acceptors (Lipinski definition) is 5. The number of carbonyl (C=O) groups excluding carboxylic acids is 1. The number of hydrogen-bond donors (Lipinski definition) is 1. The predicted molar refractivity (Wildman–Crippen MR) is 119 cm³/mol. The standard InChI is InChI=1S/C23H29N5O2/c1-14(2)30-18-9-19-20(11-25-23(19)24-10-18)21-7-6-8-22(26-21)27-12-15(3)28(17(5)29)16(4)13-27/h6-11,14-16H,12-13H2,1-5H3,(H,24,25). The maximum atomic E-state index is 12.0. The van der Waals surface area contributed by atoms with Gasteiger partial charge in [-0.2, -0.15) is 0 Å². The summed E-state index contributed by atoms with van der Waals surface area (Å²) in [7, 11) is 0. The van der Waals surface area contributed by atoms with Gasteiger partial charge in [0.15, 0.2) is 0 Å². The Labute approximate surface area is 177 Å². The first-order chi connectivity index (χ1) is 14.3. The van der Waals surface area contributed by atoms with Crippen molar-refractivity contribution in [2.24, 2.45) is 0 Å². The molecule has 0 bridgehead atoms. The van der Waals surface area contributed by atoms with Crippen molar-refractivity contribution >= 4 is 22.8 Å². The summed E-state index contributed by atoms with van der Waals surface area (Å²) in [4.78, 5) is 28.9. The van der Waals surface area contributed by atoms with Gasteiger partial charge in [0.25, 0.3) is 0 Å². The van der Waals surface area contributed by atoms with Crippen LogP contribution in [0.25, 0.3) is 22.3 Å². The molecule has 7 nitrogen and oxygen atoms in total. The molecular formula is C23H29N5O2. The molecule has 0 radical (unpaired) electrons. The van der Waals surface area contributed by atoms with E-state index < -0.39 is 0 Å². The monoisotopic (exact) mass is 407 g/mol. The SMILES string of the molecule is CC(=O)N1C(C)CN(c2cccc(-c3c[nH]c4ncc(OC(C)C)cc34)n2)CC1C. The van der Waals surface area contributed by atoms with E-state index in [9.17, 15) is 4.79 Å². The summed E-state index contributed by atoms with van der Waals surface area (Å²) in [6.07, 6.45) is 3.77. The quantitative estimate of drug-likeness (QED) is 0.711. The number of H-pyrrole nitrogens is 1. The summed E-state index contributed by atoms with van der Waals surface area (Å²) in [6.45, 7) is 11.4. The molecule has 0 aliphatic carbocycles. The summed E-state index contributed by atoms with van der Waals surface area (Å²) in [5, 5.41) is 0.987. The molecule has 2 unspecified atom stereocenters. The third-order valence-electron chi connectivity index (χ3n) is 5.49. The zero-order valence-corrected chi connectivity index (χ0v) is 18.2. The number of amides is 1. The summed E-state index contributed by atoms with van der Waals surface area (Å²) < 4.78 is 5.82. The fourth-order valence-corrected chi connectivity index (χ4v) is 4.41. The third-order valence-corrected chi connectivity index (χ3v) is 5.49. The number of aromatic nitrogens is 3. The number of fused-ring (bicyclic) bond motifs is 1. The molecule has 4 rings (SSSR count). The van der Waals surface area contributed by atoms with Gasteiger partial charge in [0.05, 0.1) is 18.0 Å². The molecule has 1 aliphatic rings. The second-order valence-electron chi connectivity index (χ2n) is 8.35. The number of pyridine rings is 2. The van der Waals surface area contributed by atoms with Crippen molar-refractivity contribution in [3.63, 3.8) is 0 Å². The first kappa shape index (κ1) is 20.2. The molecule has 0 spiro atoms. The van der Waals surface area contributed by atoms with E-state index in [-0.39, 0.29) is 24.1 Å². The topological polar surface area (TPSA) is 74.4 Å². The van der Waals surface area contributed by atoms with E-state index in [2.05, 4.69) is 28.7 Å². The van der Waals surface area contributed by atoms with E-state index in [1.165, 1.54) is 0 Å². The predicted octanol–water partition coefficient (Wildman–Crippen LogP) is 3.86. The zero-order chi connectivity index (χ0) is 21.4. The molecule has 1 saturated heterocycles. The molecule has 3 aromatic rings. The smallest absolute Gasteiger partial charge is 0.220 e. The van der Waals surface area contributed by atoms with Crippen molar-refractivity contribution in [2.45, 2.75) is 52.8 Å². The second-order valence-corrected chi connectivity index (χ2v) is 8.35. The Morgan fingerprint density at radius 1 is 1.23 bits per heavy atom. The normalized spacial score (nSPS) is 19.5. The molecule has 7 heteroatoms. The van der Waals surface area contributed by atoms with Crippen molar-refractivity contribution in [3.05, 3.63) is 36.7 Å². The Morgan fingerprint density at radius 2 is 1.97 bits per heavy atom. The van der Waals surface area contributed by atoms with Gasteiger partial charge in [0.2, 0.25) is 5.91 Å². The number of rotatable bonds is 4. The lowest BCUT2D eigenvalue weighted by atomic mass is 10.1. The minimum Gasteiger partial charge on any atom is -0.489 e. The molecule has 0 saturated carbocycles. The molecule has 1 amide bonds. The molecule has 30 heavy (non-hydrogen) atoms. The Hall–Kier alpha value is -3.09. The lowest BCUT2D eigenvalue weighted by Crippen LogP contribution is -2.58. The Morgan fingerprint density at radius 3 is 2.63 bits per heavy atom. The molecule has 4 heterocycles. The van der Waals surface area contributed by atoms with E-state index in [0.717, 1.165) is 46.9 Å². The van der Waals surface area contributed by atoms with Crippen LogP contribution in [-0.4, -0.2) is 57.0 Å². The number of nitrogens with zero attached hydrogens (tertiary/aromatic N) is 4. The minimum atomic E-state index is 0.0887. The largest absolute Gasteiger partial charge is 0.489 e. The van der Waals surface area contributed by atoms with Crippen LogP contribution in [-0.2, 0) is 4.79 Å². The fourth-order valence-electron chi connectivity index (χ4n) is 4.41.